The molecule has 30 heavy (non-hydrogen) atoms. The summed E-state index contributed by atoms with van der Waals surface area (Å²) in [5.41, 5.74) is -1.33. The number of hydrogen-bond donors (Lipinski definition) is 2. The summed E-state index contributed by atoms with van der Waals surface area (Å²) in [6.07, 6.45) is -5.39. The molecule has 0 aliphatic heterocycles. The van der Waals surface area contributed by atoms with E-state index in [1.165, 1.54) is 26.1 Å². The maximum Gasteiger partial charge on any atom is 0.416 e. The molecule has 0 unspecified atom stereocenters. The third-order valence-electron chi connectivity index (χ3n) is 4.25. The first-order valence-corrected chi connectivity index (χ1v) is 9.27. The maximum absolute atomic E-state index is 12.9. The molecule has 1 aromatic rings. The zero-order valence-electron chi connectivity index (χ0n) is 17.5. The molecule has 0 spiro atoms. The number of halogens is 3. The quantitative estimate of drug-likeness (QED) is 0.688. The number of carbonyl (C=O) groups excluding carboxylic acids is 2. The first-order chi connectivity index (χ1) is 13.6. The van der Waals surface area contributed by atoms with Crippen molar-refractivity contribution in [2.45, 2.75) is 64.4 Å². The topological polar surface area (TPSA) is 95.9 Å². The highest BCUT2D eigenvalue weighted by molar-refractivity contribution is 5.89. The van der Waals surface area contributed by atoms with Crippen LogP contribution in [0.15, 0.2) is 24.3 Å². The molecule has 0 aliphatic rings. The van der Waals surface area contributed by atoms with Crippen LogP contribution in [0.3, 0.4) is 0 Å². The number of hydrogen-bond acceptors (Lipinski definition) is 4. The Morgan fingerprint density at radius 2 is 1.80 bits per heavy atom. The predicted molar refractivity (Wildman–Crippen MR) is 103 cm³/mol. The van der Waals surface area contributed by atoms with Crippen molar-refractivity contribution in [1.29, 1.82) is 0 Å². The van der Waals surface area contributed by atoms with Crippen LogP contribution in [-0.2, 0) is 26.9 Å². The van der Waals surface area contributed by atoms with Gasteiger partial charge in [-0.05, 0) is 52.2 Å². The highest BCUT2D eigenvalue weighted by atomic mass is 19.4. The summed E-state index contributed by atoms with van der Waals surface area (Å²) < 4.78 is 43.9. The van der Waals surface area contributed by atoms with Gasteiger partial charge in [-0.1, -0.05) is 18.2 Å². The van der Waals surface area contributed by atoms with Crippen LogP contribution < -0.4 is 5.32 Å². The molecule has 0 aliphatic carbocycles. The molecule has 1 aromatic carbocycles. The number of rotatable bonds is 7. The van der Waals surface area contributed by atoms with E-state index in [2.05, 4.69) is 5.32 Å². The number of carbonyl (C=O) groups is 3. The molecule has 0 heterocycles. The van der Waals surface area contributed by atoms with Gasteiger partial charge in [0.2, 0.25) is 5.91 Å². The van der Waals surface area contributed by atoms with Crippen molar-refractivity contribution >= 4 is 18.0 Å². The molecule has 2 amide bonds. The molecule has 168 valence electrons. The number of nitrogens with zero attached hydrogens (tertiary/aromatic N) is 1. The Morgan fingerprint density at radius 1 is 1.20 bits per heavy atom. The van der Waals surface area contributed by atoms with E-state index in [1.54, 1.807) is 20.8 Å². The first kappa shape index (κ1) is 25.3. The van der Waals surface area contributed by atoms with E-state index in [0.717, 1.165) is 17.0 Å². The van der Waals surface area contributed by atoms with Gasteiger partial charge in [0, 0.05) is 7.05 Å². The highest BCUT2D eigenvalue weighted by Gasteiger charge is 2.32. The van der Waals surface area contributed by atoms with Crippen molar-refractivity contribution in [1.82, 2.24) is 10.2 Å². The Balaban J connectivity index is 3.01. The number of alkyl halides is 3. The van der Waals surface area contributed by atoms with Gasteiger partial charge in [0.1, 0.15) is 17.7 Å². The Hall–Kier alpha value is -2.78. The summed E-state index contributed by atoms with van der Waals surface area (Å²) >= 11 is 0. The van der Waals surface area contributed by atoms with Crippen molar-refractivity contribution < 1.29 is 37.4 Å². The van der Waals surface area contributed by atoms with Crippen LogP contribution in [0.5, 0.6) is 0 Å². The summed E-state index contributed by atoms with van der Waals surface area (Å²) in [7, 11) is 1.27. The molecule has 0 fully saturated rings. The van der Waals surface area contributed by atoms with E-state index in [1.807, 2.05) is 0 Å². The van der Waals surface area contributed by atoms with E-state index >= 15 is 0 Å². The lowest BCUT2D eigenvalue weighted by atomic mass is 10.0. The molecule has 2 atom stereocenters. The van der Waals surface area contributed by atoms with E-state index in [4.69, 9.17) is 9.84 Å². The van der Waals surface area contributed by atoms with E-state index in [0.29, 0.717) is 5.56 Å². The number of likely N-dealkylation sites (N-methyl/N-ethyl adjacent to an activating group) is 1. The number of benzene rings is 1. The van der Waals surface area contributed by atoms with E-state index in [9.17, 15) is 27.6 Å². The fraction of sp³-hybridized carbons (Fsp3) is 0.550. The predicted octanol–water partition coefficient (Wildman–Crippen LogP) is 3.46. The maximum atomic E-state index is 12.9. The normalized spacial score (nSPS) is 13.9. The van der Waals surface area contributed by atoms with Gasteiger partial charge in [0.25, 0.3) is 0 Å². The lowest BCUT2D eigenvalue weighted by Gasteiger charge is -2.28. The number of aliphatic carboxylic acids is 1. The fourth-order valence-electron chi connectivity index (χ4n) is 2.52. The number of aryl methyl sites for hydroxylation is 1. The molecule has 0 bridgehead atoms. The second-order valence-electron chi connectivity index (χ2n) is 7.90. The van der Waals surface area contributed by atoms with Crippen LogP contribution >= 0.6 is 0 Å². The first-order valence-electron chi connectivity index (χ1n) is 9.27. The van der Waals surface area contributed by atoms with Crippen molar-refractivity contribution in [3.8, 4) is 0 Å². The minimum absolute atomic E-state index is 0.0456. The molecule has 10 heteroatoms. The minimum atomic E-state index is -4.50. The van der Waals surface area contributed by atoms with Gasteiger partial charge in [0.15, 0.2) is 0 Å². The van der Waals surface area contributed by atoms with Crippen LogP contribution in [0, 0.1) is 0 Å². The summed E-state index contributed by atoms with van der Waals surface area (Å²) in [6, 6.07) is 2.31. The summed E-state index contributed by atoms with van der Waals surface area (Å²) in [5.74, 6) is -1.93. The minimum Gasteiger partial charge on any atom is -0.480 e. The van der Waals surface area contributed by atoms with Crippen molar-refractivity contribution in [3.63, 3.8) is 0 Å². The average molecular weight is 432 g/mol. The number of carboxylic acid groups (broad SMARTS) is 1. The standard InChI is InChI=1S/C20H27F3N2O5/c1-12(17(27)28)25(5)16(26)15(24-18(29)30-19(2,3)4)10-9-13-7-6-8-14(11-13)20(21,22)23/h6-8,11-12,15H,9-10H2,1-5H3,(H,24,29)(H,27,28)/t12-,15+/m0/s1. The third-order valence-corrected chi connectivity index (χ3v) is 4.25. The van der Waals surface area contributed by atoms with E-state index < -0.39 is 47.4 Å². The van der Waals surface area contributed by atoms with Gasteiger partial charge >= 0.3 is 18.2 Å². The largest absolute Gasteiger partial charge is 0.480 e. The molecule has 0 saturated heterocycles. The van der Waals surface area contributed by atoms with Gasteiger partial charge in [-0.3, -0.25) is 4.79 Å². The van der Waals surface area contributed by atoms with Crippen molar-refractivity contribution in [2.24, 2.45) is 0 Å². The second kappa shape index (κ2) is 9.82. The van der Waals surface area contributed by atoms with Gasteiger partial charge in [-0.15, -0.1) is 0 Å². The fourth-order valence-corrected chi connectivity index (χ4v) is 2.52. The van der Waals surface area contributed by atoms with Crippen LogP contribution in [0.1, 0.15) is 45.2 Å². The number of carboxylic acids is 1. The third kappa shape index (κ3) is 7.92. The highest BCUT2D eigenvalue weighted by Crippen LogP contribution is 2.29. The average Bonchev–Trinajstić information content (AvgIpc) is 2.61. The Morgan fingerprint density at radius 3 is 2.30 bits per heavy atom. The van der Waals surface area contributed by atoms with Gasteiger partial charge in [-0.25, -0.2) is 9.59 Å². The molecular formula is C20H27F3N2O5. The zero-order valence-corrected chi connectivity index (χ0v) is 17.5. The van der Waals surface area contributed by atoms with Crippen molar-refractivity contribution in [2.75, 3.05) is 7.05 Å². The smallest absolute Gasteiger partial charge is 0.416 e. The number of nitrogens with one attached hydrogen (secondary N) is 1. The SMILES string of the molecule is C[C@@H](C(=O)O)N(C)C(=O)[C@@H](CCc1cccc(C(F)(F)F)c1)NC(=O)OC(C)(C)C. The van der Waals surface area contributed by atoms with Crippen LogP contribution in [0.2, 0.25) is 0 Å². The number of alkyl carbamates (subject to hydrolysis) is 1. The summed E-state index contributed by atoms with van der Waals surface area (Å²) in [4.78, 5) is 37.0. The Kier molecular flexibility index (Phi) is 8.26. The molecule has 2 N–H and O–H groups in total. The van der Waals surface area contributed by atoms with Gasteiger partial charge in [0.05, 0.1) is 5.56 Å². The van der Waals surface area contributed by atoms with Crippen LogP contribution in [0.4, 0.5) is 18.0 Å². The molecule has 7 nitrogen and oxygen atoms in total. The van der Waals surface area contributed by atoms with Gasteiger partial charge < -0.3 is 20.1 Å². The lowest BCUT2D eigenvalue weighted by molar-refractivity contribution is -0.149. The molecule has 1 rings (SSSR count). The zero-order chi connectivity index (χ0) is 23.3. The Bertz CT molecular complexity index is 774. The number of amides is 2. The lowest BCUT2D eigenvalue weighted by Crippen LogP contribution is -2.52. The number of ether oxygens (including phenoxy) is 1. The molecular weight excluding hydrogens is 405 g/mol. The summed E-state index contributed by atoms with van der Waals surface area (Å²) in [5, 5.41) is 11.5. The van der Waals surface area contributed by atoms with Crippen LogP contribution in [0.25, 0.3) is 0 Å². The van der Waals surface area contributed by atoms with Gasteiger partial charge in [-0.2, -0.15) is 13.2 Å². The molecule has 0 radical (unpaired) electrons. The second-order valence-corrected chi connectivity index (χ2v) is 7.90. The van der Waals surface area contributed by atoms with E-state index in [-0.39, 0.29) is 12.8 Å². The molecule has 0 aromatic heterocycles. The monoisotopic (exact) mass is 432 g/mol. The molecule has 0 saturated carbocycles. The Labute approximate surface area is 173 Å². The van der Waals surface area contributed by atoms with Crippen LogP contribution in [-0.4, -0.2) is 52.7 Å². The van der Waals surface area contributed by atoms with Crippen molar-refractivity contribution in [3.05, 3.63) is 35.4 Å². The summed E-state index contributed by atoms with van der Waals surface area (Å²) in [6.45, 7) is 6.19.